The molecule has 0 aromatic heterocycles. The van der Waals surface area contributed by atoms with E-state index in [1.165, 1.54) is 17.7 Å². The molecule has 1 fully saturated rings. The third kappa shape index (κ3) is 3.03. The number of anilines is 1. The number of nitrogens with two attached hydrogens (primary N) is 1. The highest BCUT2D eigenvalue weighted by atomic mass is 35.5. The quantitative estimate of drug-likeness (QED) is 0.632. The predicted octanol–water partition coefficient (Wildman–Crippen LogP) is 2.77. The lowest BCUT2D eigenvalue weighted by molar-refractivity contribution is 0.674. The van der Waals surface area contributed by atoms with Crippen molar-refractivity contribution in [3.63, 3.8) is 0 Å². The zero-order valence-electron chi connectivity index (χ0n) is 8.50. The third-order valence-electron chi connectivity index (χ3n) is 2.59. The molecule has 1 aliphatic heterocycles. The Labute approximate surface area is 99.6 Å². The van der Waals surface area contributed by atoms with Crippen molar-refractivity contribution in [2.75, 3.05) is 18.0 Å². The standard InChI is InChI=1S/C11H15ClN2S/c12-10-6-9(3-4-11(10)13)15-7-8-2-1-5-14-8/h3-4,6,8,14H,1-2,5,7,13H2/t8-/m0/s1. The molecular formula is C11H15ClN2S. The number of nitrogens with one attached hydrogen (secondary N) is 1. The maximum atomic E-state index is 5.96. The highest BCUT2D eigenvalue weighted by Gasteiger charge is 2.13. The van der Waals surface area contributed by atoms with E-state index >= 15 is 0 Å². The van der Waals surface area contributed by atoms with Crippen LogP contribution >= 0.6 is 23.4 Å². The number of rotatable bonds is 3. The van der Waals surface area contributed by atoms with E-state index in [2.05, 4.69) is 5.32 Å². The average molecular weight is 243 g/mol. The van der Waals surface area contributed by atoms with Crippen LogP contribution in [-0.2, 0) is 0 Å². The molecule has 1 aromatic carbocycles. The van der Waals surface area contributed by atoms with E-state index in [1.54, 1.807) is 0 Å². The summed E-state index contributed by atoms with van der Waals surface area (Å²) in [6.07, 6.45) is 2.59. The van der Waals surface area contributed by atoms with Crippen molar-refractivity contribution in [1.82, 2.24) is 5.32 Å². The Kier molecular flexibility index (Phi) is 3.78. The average Bonchev–Trinajstić information content (AvgIpc) is 2.73. The molecule has 1 saturated heterocycles. The van der Waals surface area contributed by atoms with Gasteiger partial charge in [-0.2, -0.15) is 0 Å². The number of hydrogen-bond donors (Lipinski definition) is 2. The fourth-order valence-electron chi connectivity index (χ4n) is 1.69. The summed E-state index contributed by atoms with van der Waals surface area (Å²) in [6, 6.07) is 6.50. The molecule has 2 nitrogen and oxygen atoms in total. The second kappa shape index (κ2) is 5.10. The van der Waals surface area contributed by atoms with E-state index in [4.69, 9.17) is 17.3 Å². The van der Waals surface area contributed by atoms with Gasteiger partial charge in [0, 0.05) is 16.7 Å². The largest absolute Gasteiger partial charge is 0.398 e. The number of thioether (sulfide) groups is 1. The first-order valence-corrected chi connectivity index (χ1v) is 6.53. The topological polar surface area (TPSA) is 38.0 Å². The first-order chi connectivity index (χ1) is 7.25. The van der Waals surface area contributed by atoms with Crippen LogP contribution in [-0.4, -0.2) is 18.3 Å². The number of nitrogen functional groups attached to an aromatic ring is 1. The molecular weight excluding hydrogens is 228 g/mol. The number of benzene rings is 1. The summed E-state index contributed by atoms with van der Waals surface area (Å²) in [5.74, 6) is 1.11. The maximum absolute atomic E-state index is 5.96. The molecule has 0 amide bonds. The lowest BCUT2D eigenvalue weighted by atomic mass is 10.3. The van der Waals surface area contributed by atoms with Gasteiger partial charge in [0.1, 0.15) is 0 Å². The Hall–Kier alpha value is -0.380. The molecule has 0 unspecified atom stereocenters. The molecule has 3 N–H and O–H groups in total. The highest BCUT2D eigenvalue weighted by molar-refractivity contribution is 7.99. The maximum Gasteiger partial charge on any atom is 0.0646 e. The lowest BCUT2D eigenvalue weighted by Gasteiger charge is -2.09. The molecule has 0 bridgehead atoms. The van der Waals surface area contributed by atoms with Crippen LogP contribution in [0.3, 0.4) is 0 Å². The van der Waals surface area contributed by atoms with Gasteiger partial charge in [-0.3, -0.25) is 0 Å². The van der Waals surface area contributed by atoms with Crippen LogP contribution in [0, 0.1) is 0 Å². The molecule has 82 valence electrons. The van der Waals surface area contributed by atoms with Crippen LogP contribution in [0.4, 0.5) is 5.69 Å². The van der Waals surface area contributed by atoms with Crippen LogP contribution in [0.5, 0.6) is 0 Å². The van der Waals surface area contributed by atoms with Crippen LogP contribution in [0.2, 0.25) is 5.02 Å². The Morgan fingerprint density at radius 3 is 3.07 bits per heavy atom. The minimum atomic E-state index is 0.652. The molecule has 1 aromatic rings. The van der Waals surface area contributed by atoms with Crippen molar-refractivity contribution in [1.29, 1.82) is 0 Å². The van der Waals surface area contributed by atoms with Crippen molar-refractivity contribution in [2.45, 2.75) is 23.8 Å². The van der Waals surface area contributed by atoms with Crippen molar-refractivity contribution >= 4 is 29.1 Å². The molecule has 0 radical (unpaired) electrons. The fourth-order valence-corrected chi connectivity index (χ4v) is 2.98. The highest BCUT2D eigenvalue weighted by Crippen LogP contribution is 2.27. The summed E-state index contributed by atoms with van der Waals surface area (Å²) >= 11 is 7.79. The third-order valence-corrected chi connectivity index (χ3v) is 4.07. The van der Waals surface area contributed by atoms with Crippen LogP contribution in [0.25, 0.3) is 0 Å². The Morgan fingerprint density at radius 1 is 1.53 bits per heavy atom. The Balaban J connectivity index is 1.90. The van der Waals surface area contributed by atoms with Gasteiger partial charge in [0.05, 0.1) is 10.7 Å². The van der Waals surface area contributed by atoms with Crippen LogP contribution in [0.15, 0.2) is 23.1 Å². The van der Waals surface area contributed by atoms with E-state index in [9.17, 15) is 0 Å². The van der Waals surface area contributed by atoms with Crippen molar-refractivity contribution in [3.05, 3.63) is 23.2 Å². The van der Waals surface area contributed by atoms with E-state index in [1.807, 2.05) is 30.0 Å². The van der Waals surface area contributed by atoms with Gasteiger partial charge in [0.15, 0.2) is 0 Å². The second-order valence-corrected chi connectivity index (χ2v) is 5.29. The van der Waals surface area contributed by atoms with Crippen LogP contribution < -0.4 is 11.1 Å². The summed E-state index contributed by atoms with van der Waals surface area (Å²) in [6.45, 7) is 1.16. The SMILES string of the molecule is Nc1ccc(SC[C@@H]2CCCN2)cc1Cl. The molecule has 0 saturated carbocycles. The summed E-state index contributed by atoms with van der Waals surface area (Å²) in [7, 11) is 0. The van der Waals surface area contributed by atoms with Gasteiger partial charge < -0.3 is 11.1 Å². The molecule has 15 heavy (non-hydrogen) atoms. The van der Waals surface area contributed by atoms with Crippen LogP contribution in [0.1, 0.15) is 12.8 Å². The summed E-state index contributed by atoms with van der Waals surface area (Å²) in [5.41, 5.74) is 6.31. The molecule has 1 heterocycles. The zero-order valence-corrected chi connectivity index (χ0v) is 10.1. The van der Waals surface area contributed by atoms with E-state index in [0.717, 1.165) is 12.3 Å². The fraction of sp³-hybridized carbons (Fsp3) is 0.455. The van der Waals surface area contributed by atoms with Gasteiger partial charge in [-0.1, -0.05) is 11.6 Å². The number of halogens is 1. The molecule has 2 rings (SSSR count). The van der Waals surface area contributed by atoms with Gasteiger partial charge in [-0.15, -0.1) is 11.8 Å². The zero-order chi connectivity index (χ0) is 10.7. The summed E-state index contributed by atoms with van der Waals surface area (Å²) in [4.78, 5) is 1.20. The van der Waals surface area contributed by atoms with Gasteiger partial charge in [0.2, 0.25) is 0 Å². The van der Waals surface area contributed by atoms with E-state index in [0.29, 0.717) is 16.8 Å². The van der Waals surface area contributed by atoms with Gasteiger partial charge >= 0.3 is 0 Å². The van der Waals surface area contributed by atoms with Crippen molar-refractivity contribution in [2.24, 2.45) is 0 Å². The molecule has 4 heteroatoms. The normalized spacial score (nSPS) is 20.7. The second-order valence-electron chi connectivity index (χ2n) is 3.79. The van der Waals surface area contributed by atoms with Crippen molar-refractivity contribution in [3.8, 4) is 0 Å². The predicted molar refractivity (Wildman–Crippen MR) is 67.6 cm³/mol. The summed E-state index contributed by atoms with van der Waals surface area (Å²) < 4.78 is 0. The molecule has 1 atom stereocenters. The van der Waals surface area contributed by atoms with Crippen molar-refractivity contribution < 1.29 is 0 Å². The first kappa shape index (κ1) is 11.1. The minimum Gasteiger partial charge on any atom is -0.398 e. The van der Waals surface area contributed by atoms with Gasteiger partial charge in [-0.05, 0) is 37.6 Å². The van der Waals surface area contributed by atoms with Gasteiger partial charge in [-0.25, -0.2) is 0 Å². The Morgan fingerprint density at radius 2 is 2.40 bits per heavy atom. The first-order valence-electron chi connectivity index (χ1n) is 5.17. The molecule has 0 aliphatic carbocycles. The molecule has 0 spiro atoms. The minimum absolute atomic E-state index is 0.652. The summed E-state index contributed by atoms with van der Waals surface area (Å²) in [5, 5.41) is 4.13. The lowest BCUT2D eigenvalue weighted by Crippen LogP contribution is -2.23. The Bertz CT molecular complexity index is 337. The van der Waals surface area contributed by atoms with Gasteiger partial charge in [0.25, 0.3) is 0 Å². The van der Waals surface area contributed by atoms with E-state index < -0.39 is 0 Å². The van der Waals surface area contributed by atoms with E-state index in [-0.39, 0.29) is 0 Å². The smallest absolute Gasteiger partial charge is 0.0646 e. The monoisotopic (exact) mass is 242 g/mol. The molecule has 1 aliphatic rings. The number of hydrogen-bond acceptors (Lipinski definition) is 3.